The molecule has 2 amide bonds. The Balaban J connectivity index is 2.46. The summed E-state index contributed by atoms with van der Waals surface area (Å²) in [5, 5.41) is 3.60. The molecule has 0 saturated carbocycles. The lowest BCUT2D eigenvalue weighted by atomic mass is 10.3. The number of amides is 2. The largest absolute Gasteiger partial charge is 0.449 e. The summed E-state index contributed by atoms with van der Waals surface area (Å²) >= 11 is 0. The number of para-hydroxylation sites is 2. The highest BCUT2D eigenvalue weighted by atomic mass is 19.4. The van der Waals surface area contributed by atoms with Gasteiger partial charge >= 0.3 is 12.2 Å². The molecule has 112 valence electrons. The number of urea groups is 1. The Morgan fingerprint density at radius 1 is 1.43 bits per heavy atom. The molecule has 9 heteroatoms. The summed E-state index contributed by atoms with van der Waals surface area (Å²) in [5.74, 6) is -1.02. The smallest absolute Gasteiger partial charge is 0.350 e. The Hall–Kier alpha value is -2.58. The molecule has 0 saturated heterocycles. The van der Waals surface area contributed by atoms with Crippen LogP contribution in [-0.2, 0) is 12.7 Å². The van der Waals surface area contributed by atoms with Gasteiger partial charge in [0.05, 0.1) is 23.3 Å². The lowest BCUT2D eigenvalue weighted by molar-refractivity contribution is -0.146. The number of nitrogens with two attached hydrogens (primary N) is 1. The van der Waals surface area contributed by atoms with Gasteiger partial charge in [-0.15, -0.1) is 0 Å². The zero-order valence-corrected chi connectivity index (χ0v) is 11.0. The van der Waals surface area contributed by atoms with E-state index >= 15 is 0 Å². The molecule has 6 nitrogen and oxygen atoms in total. The average Bonchev–Trinajstić information content (AvgIpc) is 2.75. The molecule has 0 unspecified atom stereocenters. The summed E-state index contributed by atoms with van der Waals surface area (Å²) in [6, 6.07) is 5.37. The van der Waals surface area contributed by atoms with Crippen LogP contribution in [0.15, 0.2) is 29.4 Å². The molecule has 0 fully saturated rings. The summed E-state index contributed by atoms with van der Waals surface area (Å²) in [5.41, 5.74) is 7.64. The number of carbonyl (C=O) groups excluding carboxylic acids is 1. The van der Waals surface area contributed by atoms with Gasteiger partial charge in [0.25, 0.3) is 0 Å². The number of benzene rings is 1. The standard InChI is InChI=1S/C12H12F3N5O/c1-7(18-19-11(16)21)6-20-9-5-3-2-4-8(9)17-10(20)12(13,14)15/h2-5H,6H2,1H3,(H3,16,19,21)/b18-7-. The quantitative estimate of drug-likeness (QED) is 0.672. The Morgan fingerprint density at radius 2 is 2.10 bits per heavy atom. The molecule has 1 aromatic carbocycles. The summed E-state index contributed by atoms with van der Waals surface area (Å²) in [4.78, 5) is 14.2. The number of halogens is 3. The number of hydrazone groups is 1. The topological polar surface area (TPSA) is 85.3 Å². The monoisotopic (exact) mass is 299 g/mol. The normalized spacial score (nSPS) is 12.7. The third-order valence-electron chi connectivity index (χ3n) is 2.65. The van der Waals surface area contributed by atoms with Crippen LogP contribution in [0.4, 0.5) is 18.0 Å². The van der Waals surface area contributed by atoms with E-state index in [1.807, 2.05) is 5.43 Å². The minimum absolute atomic E-state index is 0.171. The highest BCUT2D eigenvalue weighted by Crippen LogP contribution is 2.31. The van der Waals surface area contributed by atoms with Crippen LogP contribution in [0.1, 0.15) is 12.7 Å². The maximum absolute atomic E-state index is 13.0. The van der Waals surface area contributed by atoms with E-state index < -0.39 is 18.0 Å². The number of hydrogen-bond acceptors (Lipinski definition) is 3. The number of rotatable bonds is 3. The average molecular weight is 299 g/mol. The van der Waals surface area contributed by atoms with Crippen molar-refractivity contribution in [1.29, 1.82) is 0 Å². The molecule has 0 bridgehead atoms. The van der Waals surface area contributed by atoms with E-state index in [0.717, 1.165) is 4.57 Å². The Bertz CT molecular complexity index is 704. The number of primary amides is 1. The maximum atomic E-state index is 13.0. The molecule has 0 aliphatic rings. The van der Waals surface area contributed by atoms with Crippen LogP contribution >= 0.6 is 0 Å². The van der Waals surface area contributed by atoms with Crippen LogP contribution in [-0.4, -0.2) is 21.3 Å². The van der Waals surface area contributed by atoms with Crippen molar-refractivity contribution in [2.24, 2.45) is 10.8 Å². The fraction of sp³-hybridized carbons (Fsp3) is 0.250. The number of hydrogen-bond donors (Lipinski definition) is 2. The molecule has 3 N–H and O–H groups in total. The van der Waals surface area contributed by atoms with E-state index in [0.29, 0.717) is 5.52 Å². The van der Waals surface area contributed by atoms with Gasteiger partial charge < -0.3 is 10.3 Å². The molecule has 2 rings (SSSR count). The van der Waals surface area contributed by atoms with Crippen molar-refractivity contribution in [2.45, 2.75) is 19.6 Å². The maximum Gasteiger partial charge on any atom is 0.449 e. The summed E-state index contributed by atoms with van der Waals surface area (Å²) in [6.45, 7) is 1.31. The van der Waals surface area contributed by atoms with Crippen molar-refractivity contribution < 1.29 is 18.0 Å². The zero-order chi connectivity index (χ0) is 15.6. The number of fused-ring (bicyclic) bond motifs is 1. The van der Waals surface area contributed by atoms with E-state index in [1.54, 1.807) is 12.1 Å². The highest BCUT2D eigenvalue weighted by molar-refractivity contribution is 5.85. The molecular weight excluding hydrogens is 287 g/mol. The van der Waals surface area contributed by atoms with E-state index in [4.69, 9.17) is 5.73 Å². The first-order chi connectivity index (χ1) is 9.79. The molecule has 0 spiro atoms. The summed E-state index contributed by atoms with van der Waals surface area (Å²) in [7, 11) is 0. The van der Waals surface area contributed by atoms with Crippen molar-refractivity contribution in [2.75, 3.05) is 0 Å². The Labute approximate surface area is 117 Å². The minimum Gasteiger partial charge on any atom is -0.350 e. The van der Waals surface area contributed by atoms with Crippen LogP contribution in [0.25, 0.3) is 11.0 Å². The number of aromatic nitrogens is 2. The number of alkyl halides is 3. The molecule has 0 radical (unpaired) electrons. The third kappa shape index (κ3) is 3.30. The highest BCUT2D eigenvalue weighted by Gasteiger charge is 2.37. The van der Waals surface area contributed by atoms with Gasteiger partial charge in [-0.05, 0) is 19.1 Å². The molecule has 2 aromatic rings. The first kappa shape index (κ1) is 14.8. The van der Waals surface area contributed by atoms with E-state index in [9.17, 15) is 18.0 Å². The van der Waals surface area contributed by atoms with E-state index in [-0.39, 0.29) is 17.8 Å². The zero-order valence-electron chi connectivity index (χ0n) is 11.0. The number of carbonyl (C=O) groups is 1. The van der Waals surface area contributed by atoms with Crippen LogP contribution in [0.3, 0.4) is 0 Å². The van der Waals surface area contributed by atoms with Crippen LogP contribution < -0.4 is 11.2 Å². The van der Waals surface area contributed by atoms with Gasteiger partial charge in [-0.3, -0.25) is 0 Å². The lowest BCUT2D eigenvalue weighted by Crippen LogP contribution is -2.26. The summed E-state index contributed by atoms with van der Waals surface area (Å²) < 4.78 is 40.1. The van der Waals surface area contributed by atoms with Gasteiger partial charge in [-0.1, -0.05) is 12.1 Å². The van der Waals surface area contributed by atoms with Crippen molar-refractivity contribution in [3.05, 3.63) is 30.1 Å². The second-order valence-corrected chi connectivity index (χ2v) is 4.33. The van der Waals surface area contributed by atoms with Crippen LogP contribution in [0, 0.1) is 0 Å². The minimum atomic E-state index is -4.59. The van der Waals surface area contributed by atoms with Crippen LogP contribution in [0.2, 0.25) is 0 Å². The van der Waals surface area contributed by atoms with E-state index in [1.165, 1.54) is 19.1 Å². The SMILES string of the molecule is C/C(Cn1c(C(F)(F)F)nc2ccccc21)=N/NC(N)=O. The molecular formula is C12H12F3N5O. The van der Waals surface area contributed by atoms with Crippen molar-refractivity contribution in [3.8, 4) is 0 Å². The predicted octanol–water partition coefficient (Wildman–Crippen LogP) is 2.10. The number of nitrogens with zero attached hydrogens (tertiary/aromatic N) is 3. The van der Waals surface area contributed by atoms with Gasteiger partial charge in [-0.2, -0.15) is 18.3 Å². The van der Waals surface area contributed by atoms with E-state index in [2.05, 4.69) is 10.1 Å². The third-order valence-corrected chi connectivity index (χ3v) is 2.65. The van der Waals surface area contributed by atoms with Crippen LogP contribution in [0.5, 0.6) is 0 Å². The second kappa shape index (κ2) is 5.43. The van der Waals surface area contributed by atoms with Gasteiger partial charge in [0.1, 0.15) is 0 Å². The van der Waals surface area contributed by atoms with Gasteiger partial charge in [-0.25, -0.2) is 15.2 Å². The summed E-state index contributed by atoms with van der Waals surface area (Å²) in [6.07, 6.45) is -4.59. The fourth-order valence-electron chi connectivity index (χ4n) is 1.87. The Morgan fingerprint density at radius 3 is 2.71 bits per heavy atom. The molecule has 0 atom stereocenters. The predicted molar refractivity (Wildman–Crippen MR) is 70.6 cm³/mol. The van der Waals surface area contributed by atoms with Gasteiger partial charge in [0.15, 0.2) is 0 Å². The lowest BCUT2D eigenvalue weighted by Gasteiger charge is -2.11. The molecule has 1 aromatic heterocycles. The van der Waals surface area contributed by atoms with Gasteiger partial charge in [0.2, 0.25) is 5.82 Å². The van der Waals surface area contributed by atoms with Gasteiger partial charge in [0, 0.05) is 0 Å². The first-order valence-electron chi connectivity index (χ1n) is 5.90. The van der Waals surface area contributed by atoms with Crippen molar-refractivity contribution in [3.63, 3.8) is 0 Å². The number of nitrogens with one attached hydrogen (secondary N) is 1. The van der Waals surface area contributed by atoms with Crippen molar-refractivity contribution >= 4 is 22.8 Å². The fourth-order valence-corrected chi connectivity index (χ4v) is 1.87. The Kier molecular flexibility index (Phi) is 3.83. The molecule has 1 heterocycles. The molecule has 21 heavy (non-hydrogen) atoms. The molecule has 0 aliphatic carbocycles. The van der Waals surface area contributed by atoms with Crippen molar-refractivity contribution in [1.82, 2.24) is 15.0 Å². The second-order valence-electron chi connectivity index (χ2n) is 4.33. The molecule has 0 aliphatic heterocycles. The number of imidazole rings is 1. The first-order valence-corrected chi connectivity index (χ1v) is 5.90.